The predicted octanol–water partition coefficient (Wildman–Crippen LogP) is 3.00. The third-order valence-electron chi connectivity index (χ3n) is 4.40. The number of hydrogen-bond donors (Lipinski definition) is 0. The van der Waals surface area contributed by atoms with Crippen molar-refractivity contribution in [3.8, 4) is 0 Å². The highest BCUT2D eigenvalue weighted by molar-refractivity contribution is 5.83. The van der Waals surface area contributed by atoms with Crippen molar-refractivity contribution in [2.24, 2.45) is 0 Å². The molecule has 130 valence electrons. The lowest BCUT2D eigenvalue weighted by molar-refractivity contribution is -0.304. The van der Waals surface area contributed by atoms with Crippen LogP contribution in [0.4, 0.5) is 0 Å². The second kappa shape index (κ2) is 7.45. The minimum Gasteiger partial charge on any atom is -0.346 e. The van der Waals surface area contributed by atoms with Crippen LogP contribution in [0.1, 0.15) is 23.8 Å². The highest BCUT2D eigenvalue weighted by Gasteiger charge is 2.42. The minimum atomic E-state index is -0.859. The van der Waals surface area contributed by atoms with Crippen LogP contribution in [0.3, 0.4) is 0 Å². The molecule has 25 heavy (non-hydrogen) atoms. The molecule has 0 N–H and O–H groups in total. The van der Waals surface area contributed by atoms with Gasteiger partial charge in [0.15, 0.2) is 12.1 Å². The highest BCUT2D eigenvalue weighted by atomic mass is 16.7. The van der Waals surface area contributed by atoms with E-state index >= 15 is 0 Å². The standard InChI is InChI=1S/C20H20O5/c21-16-11-17-18(13-23-19(24-17)15-9-5-2-6-10-15)25-20(16)22-12-14-7-3-1-4-8-14/h1-10,17-20H,11-13H2/t17-,18+,19+,20-/m0/s1. The second-order valence-corrected chi connectivity index (χ2v) is 6.22. The van der Waals surface area contributed by atoms with Gasteiger partial charge in [0.2, 0.25) is 6.29 Å². The fourth-order valence-electron chi connectivity index (χ4n) is 3.07. The normalized spacial score (nSPS) is 29.2. The quantitative estimate of drug-likeness (QED) is 0.856. The van der Waals surface area contributed by atoms with Gasteiger partial charge in [-0.05, 0) is 5.56 Å². The van der Waals surface area contributed by atoms with E-state index in [-0.39, 0.29) is 24.4 Å². The summed E-state index contributed by atoms with van der Waals surface area (Å²) in [4.78, 5) is 12.3. The van der Waals surface area contributed by atoms with Crippen LogP contribution in [0.5, 0.6) is 0 Å². The fraction of sp³-hybridized carbons (Fsp3) is 0.350. The summed E-state index contributed by atoms with van der Waals surface area (Å²) < 4.78 is 23.1. The van der Waals surface area contributed by atoms with Crippen LogP contribution in [-0.2, 0) is 30.3 Å². The van der Waals surface area contributed by atoms with E-state index in [1.165, 1.54) is 0 Å². The Morgan fingerprint density at radius 2 is 1.64 bits per heavy atom. The molecular weight excluding hydrogens is 320 g/mol. The number of rotatable bonds is 4. The summed E-state index contributed by atoms with van der Waals surface area (Å²) in [7, 11) is 0. The summed E-state index contributed by atoms with van der Waals surface area (Å²) in [6.07, 6.45) is -1.64. The zero-order valence-corrected chi connectivity index (χ0v) is 13.7. The lowest BCUT2D eigenvalue weighted by Gasteiger charge is -2.41. The summed E-state index contributed by atoms with van der Waals surface area (Å²) in [5.41, 5.74) is 1.94. The van der Waals surface area contributed by atoms with Crippen LogP contribution < -0.4 is 0 Å². The van der Waals surface area contributed by atoms with Crippen LogP contribution in [0.15, 0.2) is 60.7 Å². The first-order chi connectivity index (χ1) is 12.3. The molecule has 0 saturated carbocycles. The van der Waals surface area contributed by atoms with E-state index in [1.54, 1.807) is 0 Å². The molecule has 2 aliphatic rings. The molecule has 5 nitrogen and oxygen atoms in total. The molecule has 0 bridgehead atoms. The van der Waals surface area contributed by atoms with E-state index < -0.39 is 12.6 Å². The number of fused-ring (bicyclic) bond motifs is 1. The topological polar surface area (TPSA) is 54.0 Å². The van der Waals surface area contributed by atoms with Crippen LogP contribution in [-0.4, -0.2) is 30.9 Å². The molecule has 2 aliphatic heterocycles. The molecule has 0 unspecified atom stereocenters. The number of ether oxygens (including phenoxy) is 4. The highest BCUT2D eigenvalue weighted by Crippen LogP contribution is 2.32. The average Bonchev–Trinajstić information content (AvgIpc) is 2.67. The van der Waals surface area contributed by atoms with Gasteiger partial charge >= 0.3 is 0 Å². The zero-order valence-electron chi connectivity index (χ0n) is 13.7. The fourth-order valence-corrected chi connectivity index (χ4v) is 3.07. The van der Waals surface area contributed by atoms with Gasteiger partial charge in [-0.1, -0.05) is 60.7 Å². The van der Waals surface area contributed by atoms with Gasteiger partial charge < -0.3 is 18.9 Å². The van der Waals surface area contributed by atoms with Gasteiger partial charge in [-0.15, -0.1) is 0 Å². The summed E-state index contributed by atoms with van der Waals surface area (Å²) in [6, 6.07) is 19.4. The van der Waals surface area contributed by atoms with Gasteiger partial charge in [-0.2, -0.15) is 0 Å². The van der Waals surface area contributed by atoms with Crippen molar-refractivity contribution < 1.29 is 23.7 Å². The third kappa shape index (κ3) is 3.80. The lowest BCUT2D eigenvalue weighted by Crippen LogP contribution is -2.52. The molecule has 2 aromatic carbocycles. The van der Waals surface area contributed by atoms with Gasteiger partial charge in [0.1, 0.15) is 6.10 Å². The van der Waals surface area contributed by atoms with Crippen molar-refractivity contribution in [3.63, 3.8) is 0 Å². The van der Waals surface area contributed by atoms with Gasteiger partial charge in [0.05, 0.1) is 19.3 Å². The van der Waals surface area contributed by atoms with E-state index in [2.05, 4.69) is 0 Å². The summed E-state index contributed by atoms with van der Waals surface area (Å²) in [5.74, 6) is -0.0918. The largest absolute Gasteiger partial charge is 0.346 e. The van der Waals surface area contributed by atoms with Crippen molar-refractivity contribution in [2.45, 2.75) is 37.8 Å². The molecule has 2 saturated heterocycles. The maximum absolute atomic E-state index is 12.3. The van der Waals surface area contributed by atoms with Crippen LogP contribution >= 0.6 is 0 Å². The van der Waals surface area contributed by atoms with Gasteiger partial charge in [-0.25, -0.2) is 0 Å². The van der Waals surface area contributed by atoms with Crippen LogP contribution in [0, 0.1) is 0 Å². The van der Waals surface area contributed by atoms with Crippen molar-refractivity contribution >= 4 is 5.78 Å². The molecule has 0 aromatic heterocycles. The monoisotopic (exact) mass is 340 g/mol. The predicted molar refractivity (Wildman–Crippen MR) is 89.5 cm³/mol. The Kier molecular flexibility index (Phi) is 4.90. The Labute approximate surface area is 146 Å². The number of hydrogen-bond acceptors (Lipinski definition) is 5. The van der Waals surface area contributed by atoms with Crippen molar-refractivity contribution in [1.29, 1.82) is 0 Å². The zero-order chi connectivity index (χ0) is 17.1. The van der Waals surface area contributed by atoms with Crippen molar-refractivity contribution in [3.05, 3.63) is 71.8 Å². The maximum atomic E-state index is 12.3. The number of carbonyl (C=O) groups excluding carboxylic acids is 1. The van der Waals surface area contributed by atoms with Gasteiger partial charge in [-0.3, -0.25) is 4.79 Å². The molecule has 2 heterocycles. The number of benzene rings is 2. The summed E-state index contributed by atoms with van der Waals surface area (Å²) >= 11 is 0. The lowest BCUT2D eigenvalue weighted by atomic mass is 10.0. The second-order valence-electron chi connectivity index (χ2n) is 6.22. The van der Waals surface area contributed by atoms with Gasteiger partial charge in [0.25, 0.3) is 0 Å². The van der Waals surface area contributed by atoms with Crippen molar-refractivity contribution in [2.75, 3.05) is 6.61 Å². The Morgan fingerprint density at radius 1 is 0.920 bits per heavy atom. The molecule has 4 atom stereocenters. The summed E-state index contributed by atoms with van der Waals surface area (Å²) in [6.45, 7) is 0.714. The molecule has 4 rings (SSSR count). The number of carbonyl (C=O) groups is 1. The number of ketones is 1. The minimum absolute atomic E-state index is 0.0918. The molecule has 0 radical (unpaired) electrons. The SMILES string of the molecule is O=C1C[C@@H]2O[C@H](c3ccccc3)OC[C@H]2O[C@@H]1OCc1ccccc1. The van der Waals surface area contributed by atoms with E-state index in [1.807, 2.05) is 60.7 Å². The van der Waals surface area contributed by atoms with E-state index in [9.17, 15) is 4.79 Å². The Hall–Kier alpha value is -2.05. The first-order valence-electron chi connectivity index (χ1n) is 8.45. The van der Waals surface area contributed by atoms with E-state index in [0.717, 1.165) is 11.1 Å². The van der Waals surface area contributed by atoms with Crippen LogP contribution in [0.2, 0.25) is 0 Å². The Balaban J connectivity index is 1.35. The molecule has 2 aromatic rings. The molecular formula is C20H20O5. The molecule has 0 spiro atoms. The summed E-state index contributed by atoms with van der Waals surface area (Å²) in [5, 5.41) is 0. The van der Waals surface area contributed by atoms with Gasteiger partial charge in [0, 0.05) is 12.0 Å². The molecule has 5 heteroatoms. The Morgan fingerprint density at radius 3 is 2.40 bits per heavy atom. The molecule has 0 aliphatic carbocycles. The average molecular weight is 340 g/mol. The van der Waals surface area contributed by atoms with Crippen LogP contribution in [0.25, 0.3) is 0 Å². The smallest absolute Gasteiger partial charge is 0.218 e. The first-order valence-corrected chi connectivity index (χ1v) is 8.45. The first kappa shape index (κ1) is 16.4. The number of Topliss-reactive ketones (excluding diaryl/α,β-unsaturated/α-hetero) is 1. The van der Waals surface area contributed by atoms with E-state index in [4.69, 9.17) is 18.9 Å². The maximum Gasteiger partial charge on any atom is 0.218 e. The third-order valence-corrected chi connectivity index (χ3v) is 4.40. The molecule has 2 fully saturated rings. The van der Waals surface area contributed by atoms with Crippen molar-refractivity contribution in [1.82, 2.24) is 0 Å². The molecule has 0 amide bonds. The van der Waals surface area contributed by atoms with E-state index in [0.29, 0.717) is 13.2 Å². The Bertz CT molecular complexity index is 703.